The molecule has 1 rings (SSSR count). The molecule has 94 valence electrons. The molecule has 4 heteroatoms. The third-order valence-electron chi connectivity index (χ3n) is 2.62. The highest BCUT2D eigenvalue weighted by molar-refractivity contribution is 6.31. The van der Waals surface area contributed by atoms with E-state index in [0.29, 0.717) is 5.02 Å². The van der Waals surface area contributed by atoms with Crippen molar-refractivity contribution in [3.8, 4) is 0 Å². The lowest BCUT2D eigenvalue weighted by atomic mass is 10.2. The lowest BCUT2D eigenvalue weighted by Crippen LogP contribution is -2.32. The van der Waals surface area contributed by atoms with Gasteiger partial charge in [0, 0.05) is 24.3 Å². The van der Waals surface area contributed by atoms with Crippen molar-refractivity contribution < 1.29 is 4.79 Å². The Morgan fingerprint density at radius 1 is 1.47 bits per heavy atom. The maximum absolute atomic E-state index is 11.8. The molecule has 1 aromatic rings. The van der Waals surface area contributed by atoms with Crippen LogP contribution in [0.25, 0.3) is 0 Å². The number of carbonyl (C=O) groups excluding carboxylic acids is 1. The largest absolute Gasteiger partial charge is 0.328 e. The van der Waals surface area contributed by atoms with Gasteiger partial charge in [0.25, 0.3) is 0 Å². The number of nitrogens with one attached hydrogen (secondary N) is 1. The van der Waals surface area contributed by atoms with Crippen LogP contribution in [0.3, 0.4) is 0 Å². The maximum atomic E-state index is 11.8. The van der Waals surface area contributed by atoms with E-state index in [2.05, 4.69) is 12.2 Å². The monoisotopic (exact) mass is 254 g/mol. The van der Waals surface area contributed by atoms with Crippen LogP contribution in [0.15, 0.2) is 18.2 Å². The van der Waals surface area contributed by atoms with Crippen LogP contribution in [0.2, 0.25) is 5.02 Å². The van der Waals surface area contributed by atoms with Gasteiger partial charge in [-0.25, -0.2) is 4.79 Å². The second-order valence-corrected chi connectivity index (χ2v) is 4.58. The lowest BCUT2D eigenvalue weighted by Gasteiger charge is -2.17. The number of carbonyl (C=O) groups is 1. The van der Waals surface area contributed by atoms with Crippen LogP contribution >= 0.6 is 11.6 Å². The van der Waals surface area contributed by atoms with Crippen molar-refractivity contribution >= 4 is 23.3 Å². The quantitative estimate of drug-likeness (QED) is 0.868. The average molecular weight is 255 g/mol. The molecule has 3 nitrogen and oxygen atoms in total. The topological polar surface area (TPSA) is 32.3 Å². The third kappa shape index (κ3) is 4.27. The Morgan fingerprint density at radius 2 is 2.18 bits per heavy atom. The molecular weight excluding hydrogens is 236 g/mol. The number of hydrogen-bond donors (Lipinski definition) is 1. The first kappa shape index (κ1) is 13.8. The summed E-state index contributed by atoms with van der Waals surface area (Å²) in [6.45, 7) is 4.80. The minimum Gasteiger partial charge on any atom is -0.328 e. The van der Waals surface area contributed by atoms with Crippen LogP contribution < -0.4 is 5.32 Å². The van der Waals surface area contributed by atoms with E-state index in [4.69, 9.17) is 11.6 Å². The Bertz CT molecular complexity index is 393. The van der Waals surface area contributed by atoms with Crippen LogP contribution in [0, 0.1) is 6.92 Å². The molecule has 0 spiro atoms. The molecule has 0 radical (unpaired) electrons. The minimum atomic E-state index is -0.0987. The Balaban J connectivity index is 2.58. The normalized spacial score (nSPS) is 10.1. The fourth-order valence-electron chi connectivity index (χ4n) is 1.39. The summed E-state index contributed by atoms with van der Waals surface area (Å²) in [6.07, 6.45) is 2.09. The van der Waals surface area contributed by atoms with E-state index in [1.54, 1.807) is 18.0 Å². The van der Waals surface area contributed by atoms with E-state index in [-0.39, 0.29) is 6.03 Å². The molecule has 0 aliphatic carbocycles. The average Bonchev–Trinajstić information content (AvgIpc) is 2.30. The predicted octanol–water partition coefficient (Wildman–Crippen LogP) is 3.91. The van der Waals surface area contributed by atoms with Crippen LogP contribution in [-0.2, 0) is 0 Å². The van der Waals surface area contributed by atoms with Gasteiger partial charge in [-0.1, -0.05) is 31.0 Å². The van der Waals surface area contributed by atoms with E-state index >= 15 is 0 Å². The SMILES string of the molecule is CCCCN(C)C(=O)Nc1ccc(C)c(Cl)c1. The summed E-state index contributed by atoms with van der Waals surface area (Å²) in [6, 6.07) is 5.41. The first-order valence-corrected chi connectivity index (χ1v) is 6.20. The van der Waals surface area contributed by atoms with E-state index in [1.165, 1.54) is 0 Å². The van der Waals surface area contributed by atoms with Gasteiger partial charge in [-0.3, -0.25) is 0 Å². The molecule has 2 amide bonds. The van der Waals surface area contributed by atoms with Crippen molar-refractivity contribution in [1.82, 2.24) is 4.90 Å². The Morgan fingerprint density at radius 3 is 2.76 bits per heavy atom. The Kier molecular flexibility index (Phi) is 5.29. The standard InChI is InChI=1S/C13H19ClN2O/c1-4-5-8-16(3)13(17)15-11-7-6-10(2)12(14)9-11/h6-7,9H,4-5,8H2,1-3H3,(H,15,17). The fraction of sp³-hybridized carbons (Fsp3) is 0.462. The molecule has 0 bridgehead atoms. The predicted molar refractivity (Wildman–Crippen MR) is 72.7 cm³/mol. The molecule has 0 heterocycles. The zero-order valence-electron chi connectivity index (χ0n) is 10.6. The lowest BCUT2D eigenvalue weighted by molar-refractivity contribution is 0.222. The number of nitrogens with zero attached hydrogens (tertiary/aromatic N) is 1. The zero-order chi connectivity index (χ0) is 12.8. The van der Waals surface area contributed by atoms with Crippen LogP contribution in [0.5, 0.6) is 0 Å². The number of benzene rings is 1. The Labute approximate surface area is 108 Å². The summed E-state index contributed by atoms with van der Waals surface area (Å²) in [5.74, 6) is 0. The molecule has 0 fully saturated rings. The molecule has 0 saturated carbocycles. The van der Waals surface area contributed by atoms with Crippen molar-refractivity contribution in [3.05, 3.63) is 28.8 Å². The molecule has 0 unspecified atom stereocenters. The van der Waals surface area contributed by atoms with Crippen molar-refractivity contribution in [3.63, 3.8) is 0 Å². The van der Waals surface area contributed by atoms with Gasteiger partial charge in [0.15, 0.2) is 0 Å². The number of rotatable bonds is 4. The summed E-state index contributed by atoms with van der Waals surface area (Å²) in [5, 5.41) is 3.49. The highest BCUT2D eigenvalue weighted by atomic mass is 35.5. The molecule has 0 aliphatic heterocycles. The van der Waals surface area contributed by atoms with Crippen LogP contribution in [-0.4, -0.2) is 24.5 Å². The van der Waals surface area contributed by atoms with E-state index in [1.807, 2.05) is 19.1 Å². The molecule has 0 aromatic heterocycles. The second-order valence-electron chi connectivity index (χ2n) is 4.17. The number of aryl methyl sites for hydroxylation is 1. The molecule has 1 N–H and O–H groups in total. The second kappa shape index (κ2) is 6.50. The van der Waals surface area contributed by atoms with Crippen molar-refractivity contribution in [2.24, 2.45) is 0 Å². The van der Waals surface area contributed by atoms with Gasteiger partial charge in [-0.05, 0) is 31.0 Å². The number of halogens is 1. The number of urea groups is 1. The molecule has 0 atom stereocenters. The summed E-state index contributed by atoms with van der Waals surface area (Å²) in [7, 11) is 1.79. The fourth-order valence-corrected chi connectivity index (χ4v) is 1.57. The molecule has 1 aromatic carbocycles. The van der Waals surface area contributed by atoms with Crippen LogP contribution in [0.1, 0.15) is 25.3 Å². The molecular formula is C13H19ClN2O. The Hall–Kier alpha value is -1.22. The third-order valence-corrected chi connectivity index (χ3v) is 3.02. The zero-order valence-corrected chi connectivity index (χ0v) is 11.3. The van der Waals surface area contributed by atoms with Gasteiger partial charge >= 0.3 is 6.03 Å². The van der Waals surface area contributed by atoms with Crippen molar-refractivity contribution in [1.29, 1.82) is 0 Å². The minimum absolute atomic E-state index is 0.0987. The van der Waals surface area contributed by atoms with E-state index in [0.717, 1.165) is 30.6 Å². The summed E-state index contributed by atoms with van der Waals surface area (Å²) >= 11 is 6.00. The summed E-state index contributed by atoms with van der Waals surface area (Å²) in [4.78, 5) is 13.5. The number of hydrogen-bond acceptors (Lipinski definition) is 1. The first-order chi connectivity index (χ1) is 8.04. The van der Waals surface area contributed by atoms with Gasteiger partial charge in [0.1, 0.15) is 0 Å². The van der Waals surface area contributed by atoms with Gasteiger partial charge in [-0.2, -0.15) is 0 Å². The molecule has 0 aliphatic rings. The van der Waals surface area contributed by atoms with Crippen LogP contribution in [0.4, 0.5) is 10.5 Å². The number of anilines is 1. The molecule has 17 heavy (non-hydrogen) atoms. The molecule has 0 saturated heterocycles. The summed E-state index contributed by atoms with van der Waals surface area (Å²) < 4.78 is 0. The van der Waals surface area contributed by atoms with E-state index in [9.17, 15) is 4.79 Å². The van der Waals surface area contributed by atoms with Gasteiger partial charge in [0.2, 0.25) is 0 Å². The van der Waals surface area contributed by atoms with Gasteiger partial charge in [0.05, 0.1) is 0 Å². The van der Waals surface area contributed by atoms with Gasteiger partial charge in [-0.15, -0.1) is 0 Å². The van der Waals surface area contributed by atoms with Crippen molar-refractivity contribution in [2.45, 2.75) is 26.7 Å². The highest BCUT2D eigenvalue weighted by Gasteiger charge is 2.08. The first-order valence-electron chi connectivity index (χ1n) is 5.83. The smallest absolute Gasteiger partial charge is 0.321 e. The van der Waals surface area contributed by atoms with Crippen molar-refractivity contribution in [2.75, 3.05) is 18.9 Å². The van der Waals surface area contributed by atoms with E-state index < -0.39 is 0 Å². The maximum Gasteiger partial charge on any atom is 0.321 e. The van der Waals surface area contributed by atoms with Gasteiger partial charge < -0.3 is 10.2 Å². The number of unbranched alkanes of at least 4 members (excludes halogenated alkanes) is 1. The summed E-state index contributed by atoms with van der Waals surface area (Å²) in [5.41, 5.74) is 1.73. The highest BCUT2D eigenvalue weighted by Crippen LogP contribution is 2.20. The number of amides is 2.